The van der Waals surface area contributed by atoms with Crippen molar-refractivity contribution in [1.29, 1.82) is 0 Å². The number of rotatable bonds is 4. The molecule has 78 valence electrons. The van der Waals surface area contributed by atoms with Crippen LogP contribution in [0.25, 0.3) is 0 Å². The molecule has 0 spiro atoms. The van der Waals surface area contributed by atoms with E-state index in [0.717, 1.165) is 12.0 Å². The van der Waals surface area contributed by atoms with E-state index in [2.05, 4.69) is 31.2 Å². The van der Waals surface area contributed by atoms with E-state index in [1.54, 1.807) is 0 Å². The van der Waals surface area contributed by atoms with Crippen LogP contribution in [0.4, 0.5) is 0 Å². The van der Waals surface area contributed by atoms with Crippen LogP contribution in [0.1, 0.15) is 24.5 Å². The molecule has 1 aromatic carbocycles. The molecule has 0 fully saturated rings. The second kappa shape index (κ2) is 4.58. The topological polar surface area (TPSA) is 46.2 Å². The van der Waals surface area contributed by atoms with Gasteiger partial charge in [0.25, 0.3) is 0 Å². The van der Waals surface area contributed by atoms with Gasteiger partial charge in [0.15, 0.2) is 0 Å². The van der Waals surface area contributed by atoms with Crippen LogP contribution < -0.4 is 5.73 Å². The fourth-order valence-electron chi connectivity index (χ4n) is 1.59. The van der Waals surface area contributed by atoms with Crippen LogP contribution >= 0.6 is 0 Å². The average Bonchev–Trinajstić information content (AvgIpc) is 2.19. The van der Waals surface area contributed by atoms with E-state index in [1.807, 2.05) is 6.92 Å². The molecule has 1 unspecified atom stereocenters. The van der Waals surface area contributed by atoms with E-state index < -0.39 is 0 Å². The fourth-order valence-corrected chi connectivity index (χ4v) is 1.59. The molecule has 0 bridgehead atoms. The predicted molar refractivity (Wildman–Crippen MR) is 59.3 cm³/mol. The van der Waals surface area contributed by atoms with E-state index >= 15 is 0 Å². The number of hydrogen-bond donors (Lipinski definition) is 2. The van der Waals surface area contributed by atoms with Gasteiger partial charge >= 0.3 is 0 Å². The molecule has 2 nitrogen and oxygen atoms in total. The molecule has 0 aliphatic rings. The summed E-state index contributed by atoms with van der Waals surface area (Å²) in [5, 5.41) is 9.38. The van der Waals surface area contributed by atoms with Crippen molar-refractivity contribution in [2.45, 2.75) is 25.7 Å². The van der Waals surface area contributed by atoms with Gasteiger partial charge in [0.1, 0.15) is 0 Å². The molecule has 0 heterocycles. The second-order valence-electron chi connectivity index (χ2n) is 4.12. The highest BCUT2D eigenvalue weighted by atomic mass is 16.3. The molecule has 0 saturated carbocycles. The highest BCUT2D eigenvalue weighted by Gasteiger charge is 2.24. The summed E-state index contributed by atoms with van der Waals surface area (Å²) in [7, 11) is 0. The van der Waals surface area contributed by atoms with E-state index in [0.29, 0.717) is 6.54 Å². The molecule has 1 aromatic rings. The van der Waals surface area contributed by atoms with Crippen LogP contribution in [-0.2, 0) is 5.41 Å². The summed E-state index contributed by atoms with van der Waals surface area (Å²) >= 11 is 0. The number of hydrogen-bond acceptors (Lipinski definition) is 2. The monoisotopic (exact) mass is 193 g/mol. The zero-order valence-corrected chi connectivity index (χ0v) is 8.96. The second-order valence-corrected chi connectivity index (χ2v) is 4.12. The molecule has 0 aromatic heterocycles. The van der Waals surface area contributed by atoms with E-state index in [-0.39, 0.29) is 12.0 Å². The summed E-state index contributed by atoms with van der Waals surface area (Å²) in [6.45, 7) is 4.85. The van der Waals surface area contributed by atoms with Gasteiger partial charge in [0.2, 0.25) is 0 Å². The van der Waals surface area contributed by atoms with E-state index in [9.17, 15) is 5.11 Å². The lowest BCUT2D eigenvalue weighted by Gasteiger charge is -2.27. The lowest BCUT2D eigenvalue weighted by atomic mass is 9.80. The zero-order valence-electron chi connectivity index (χ0n) is 8.96. The zero-order chi connectivity index (χ0) is 10.6. The fraction of sp³-hybridized carbons (Fsp3) is 0.500. The molecule has 0 aliphatic heterocycles. The third-order valence-corrected chi connectivity index (χ3v) is 2.79. The van der Waals surface area contributed by atoms with Crippen LogP contribution in [0.5, 0.6) is 0 Å². The maximum absolute atomic E-state index is 9.38. The summed E-state index contributed by atoms with van der Waals surface area (Å²) < 4.78 is 0. The van der Waals surface area contributed by atoms with Crippen LogP contribution in [0.15, 0.2) is 24.3 Å². The Balaban J connectivity index is 2.94. The van der Waals surface area contributed by atoms with Crippen molar-refractivity contribution in [2.75, 3.05) is 13.2 Å². The van der Waals surface area contributed by atoms with Crippen molar-refractivity contribution in [2.24, 2.45) is 5.73 Å². The minimum atomic E-state index is -0.192. The van der Waals surface area contributed by atoms with Crippen molar-refractivity contribution >= 4 is 0 Å². The van der Waals surface area contributed by atoms with Gasteiger partial charge in [-0.3, -0.25) is 0 Å². The van der Waals surface area contributed by atoms with Gasteiger partial charge in [0, 0.05) is 5.41 Å². The molecule has 0 amide bonds. The Kier molecular flexibility index (Phi) is 3.67. The first kappa shape index (κ1) is 11.2. The first-order valence-electron chi connectivity index (χ1n) is 5.00. The van der Waals surface area contributed by atoms with Crippen molar-refractivity contribution in [1.82, 2.24) is 0 Å². The van der Waals surface area contributed by atoms with Crippen LogP contribution in [0, 0.1) is 6.92 Å². The Hall–Kier alpha value is -0.860. The summed E-state index contributed by atoms with van der Waals surface area (Å²) in [5.41, 5.74) is 7.76. The number of nitrogens with two attached hydrogens (primary N) is 1. The van der Waals surface area contributed by atoms with Gasteiger partial charge in [0.05, 0.1) is 6.61 Å². The van der Waals surface area contributed by atoms with Gasteiger partial charge in [-0.15, -0.1) is 0 Å². The molecule has 14 heavy (non-hydrogen) atoms. The first-order valence-corrected chi connectivity index (χ1v) is 5.00. The number of benzene rings is 1. The maximum atomic E-state index is 9.38. The molecule has 2 heteroatoms. The summed E-state index contributed by atoms with van der Waals surface area (Å²) in [5.74, 6) is 0. The summed E-state index contributed by atoms with van der Waals surface area (Å²) in [4.78, 5) is 0. The molecule has 3 N–H and O–H groups in total. The molecule has 1 rings (SSSR count). The standard InChI is InChI=1S/C12H19NO/c1-10-3-5-11(6-4-10)12(2,9-14)7-8-13/h3-6,14H,7-9,13H2,1-2H3. The molecule has 0 saturated heterocycles. The summed E-state index contributed by atoms with van der Waals surface area (Å²) in [6, 6.07) is 8.28. The van der Waals surface area contributed by atoms with Gasteiger partial charge < -0.3 is 10.8 Å². The minimum Gasteiger partial charge on any atom is -0.395 e. The first-order chi connectivity index (χ1) is 6.62. The van der Waals surface area contributed by atoms with Crippen LogP contribution in [-0.4, -0.2) is 18.3 Å². The Bertz CT molecular complexity index is 281. The largest absolute Gasteiger partial charge is 0.395 e. The highest BCUT2D eigenvalue weighted by Crippen LogP contribution is 2.26. The Morgan fingerprint density at radius 2 is 1.86 bits per heavy atom. The molecule has 0 radical (unpaired) electrons. The normalized spacial score (nSPS) is 15.1. The van der Waals surface area contributed by atoms with Crippen molar-refractivity contribution in [3.63, 3.8) is 0 Å². The van der Waals surface area contributed by atoms with Gasteiger partial charge in [-0.2, -0.15) is 0 Å². The van der Waals surface area contributed by atoms with Gasteiger partial charge in [-0.1, -0.05) is 36.8 Å². The van der Waals surface area contributed by atoms with Crippen LogP contribution in [0.3, 0.4) is 0 Å². The van der Waals surface area contributed by atoms with E-state index in [1.165, 1.54) is 5.56 Å². The SMILES string of the molecule is Cc1ccc(C(C)(CO)CCN)cc1. The quantitative estimate of drug-likeness (QED) is 0.763. The maximum Gasteiger partial charge on any atom is 0.0525 e. The van der Waals surface area contributed by atoms with Crippen LogP contribution in [0.2, 0.25) is 0 Å². The molecular weight excluding hydrogens is 174 g/mol. The number of aliphatic hydroxyl groups is 1. The van der Waals surface area contributed by atoms with Crippen molar-refractivity contribution in [3.05, 3.63) is 35.4 Å². The Morgan fingerprint density at radius 1 is 1.29 bits per heavy atom. The Labute approximate surface area is 85.8 Å². The smallest absolute Gasteiger partial charge is 0.0525 e. The lowest BCUT2D eigenvalue weighted by molar-refractivity contribution is 0.199. The molecule has 1 atom stereocenters. The highest BCUT2D eigenvalue weighted by molar-refractivity contribution is 5.28. The third kappa shape index (κ3) is 2.34. The molecular formula is C12H19NO. The number of aryl methyl sites for hydroxylation is 1. The predicted octanol–water partition coefficient (Wildman–Crippen LogP) is 1.59. The number of aliphatic hydroxyl groups excluding tert-OH is 1. The average molecular weight is 193 g/mol. The Morgan fingerprint density at radius 3 is 2.29 bits per heavy atom. The van der Waals surface area contributed by atoms with E-state index in [4.69, 9.17) is 5.73 Å². The van der Waals surface area contributed by atoms with Crippen molar-refractivity contribution in [3.8, 4) is 0 Å². The van der Waals surface area contributed by atoms with Gasteiger partial charge in [-0.05, 0) is 25.5 Å². The lowest BCUT2D eigenvalue weighted by Crippen LogP contribution is -2.29. The van der Waals surface area contributed by atoms with Gasteiger partial charge in [-0.25, -0.2) is 0 Å². The minimum absolute atomic E-state index is 0.146. The van der Waals surface area contributed by atoms with Crippen molar-refractivity contribution < 1.29 is 5.11 Å². The third-order valence-electron chi connectivity index (χ3n) is 2.79. The molecule has 0 aliphatic carbocycles. The summed E-state index contributed by atoms with van der Waals surface area (Å²) in [6.07, 6.45) is 0.812.